The lowest BCUT2D eigenvalue weighted by atomic mass is 10.0. The molecule has 6 heterocycles. The number of rotatable bonds is 15. The molecule has 15 N–H and O–H groups in total. The Bertz CT molecular complexity index is 3160. The first-order valence-corrected chi connectivity index (χ1v) is 25.5. The molecule has 0 spiro atoms. The molecule has 0 aliphatic carbocycles. The van der Waals surface area contributed by atoms with Crippen molar-refractivity contribution in [3.63, 3.8) is 0 Å². The number of hydrogen-bond acceptors (Lipinski definition) is 22. The number of aromatic nitrogens is 8. The summed E-state index contributed by atoms with van der Waals surface area (Å²) >= 11 is 0. The van der Waals surface area contributed by atoms with Crippen LogP contribution in [-0.2, 0) is 51.9 Å². The Labute approximate surface area is 388 Å². The Kier molecular flexibility index (Phi) is 15.2. The monoisotopic (exact) mass is 1070 g/mol. The molecule has 70 heavy (non-hydrogen) atoms. The number of anilines is 2. The normalized spacial score (nSPS) is 24.6. The van der Waals surface area contributed by atoms with Gasteiger partial charge in [0.15, 0.2) is 29.2 Å². The van der Waals surface area contributed by atoms with Crippen LogP contribution in [0.4, 0.5) is 16.3 Å². The predicted octanol–water partition coefficient (Wildman–Crippen LogP) is -2.38. The van der Waals surface area contributed by atoms with Gasteiger partial charge in [-0.05, 0) is 17.2 Å². The summed E-state index contributed by atoms with van der Waals surface area (Å²) in [4.78, 5) is 82.8. The number of aliphatic hydroxyl groups is 4. The number of phosphoric ester groups is 2. The zero-order valence-corrected chi connectivity index (χ0v) is 38.4. The SMILES string of the molecule is Nc1nc([O-])c2c(n1)[n+]([C@@H]1O[C@H](COP(=O)(O)OP(=O)(O)O)[C@@H](O)[C@H]1O)cn2Cc1ccc(-c2ccccc2)cc1F.Nc1nc2c(ncn2[C@@H]2O[C@H](COP(=O)(O)OP(=O)(O)O)[C@@H](O)[C@H]2O)c(=O)[nH]1. The molecule has 2 fully saturated rings. The highest BCUT2D eigenvalue weighted by molar-refractivity contribution is 7.61. The number of aromatic amines is 1. The summed E-state index contributed by atoms with van der Waals surface area (Å²) in [6.07, 6.45) is -10.1. The lowest BCUT2D eigenvalue weighted by Crippen LogP contribution is -2.46. The third kappa shape index (κ3) is 12.2. The van der Waals surface area contributed by atoms with Crippen molar-refractivity contribution in [2.45, 2.75) is 55.6 Å². The van der Waals surface area contributed by atoms with Crippen LogP contribution in [0, 0.1) is 5.82 Å². The van der Waals surface area contributed by atoms with Gasteiger partial charge in [-0.25, -0.2) is 37.2 Å². The Morgan fingerprint density at radius 2 is 1.40 bits per heavy atom. The van der Waals surface area contributed by atoms with Gasteiger partial charge in [-0.3, -0.25) is 28.0 Å². The Balaban J connectivity index is 0.000000224. The van der Waals surface area contributed by atoms with Crippen LogP contribution >= 0.6 is 31.3 Å². The number of halogens is 1. The van der Waals surface area contributed by atoms with Crippen molar-refractivity contribution >= 4 is 65.5 Å². The van der Waals surface area contributed by atoms with Crippen molar-refractivity contribution < 1.29 is 109 Å². The van der Waals surface area contributed by atoms with Crippen LogP contribution in [-0.4, -0.2) is 134 Å². The number of nitrogens with one attached hydrogen (secondary N) is 1. The van der Waals surface area contributed by atoms with Crippen LogP contribution in [0.15, 0.2) is 66.0 Å². The Morgan fingerprint density at radius 3 is 2.00 bits per heavy atom. The number of imidazole rings is 2. The van der Waals surface area contributed by atoms with Gasteiger partial charge in [0.25, 0.3) is 11.5 Å². The fourth-order valence-electron chi connectivity index (χ4n) is 7.08. The average molecular weight is 1070 g/mol. The minimum atomic E-state index is -5.40. The zero-order chi connectivity index (χ0) is 51.2. The third-order valence-electron chi connectivity index (χ3n) is 10.0. The number of nitrogens with zero attached hydrogens (tertiary/aromatic N) is 7. The number of aliphatic hydroxyl groups excluding tert-OH is 4. The van der Waals surface area contributed by atoms with E-state index in [1.807, 2.05) is 30.3 Å². The number of phosphoric acid groups is 4. The quantitative estimate of drug-likeness (QED) is 0.0377. The van der Waals surface area contributed by atoms with Crippen molar-refractivity contribution in [3.05, 3.63) is 82.9 Å². The fraction of sp³-hybridized carbons (Fsp3) is 0.333. The van der Waals surface area contributed by atoms with Crippen molar-refractivity contribution in [1.29, 1.82) is 0 Å². The van der Waals surface area contributed by atoms with Gasteiger partial charge in [-0.2, -0.15) is 13.6 Å². The molecule has 2 aromatic carbocycles. The minimum Gasteiger partial charge on any atom is -0.856 e. The highest BCUT2D eigenvalue weighted by Gasteiger charge is 2.49. The number of ether oxygens (including phenoxy) is 2. The molecule has 0 bridgehead atoms. The largest absolute Gasteiger partial charge is 0.856 e. The standard InChI is InChI=1S/C23H24FN5O11P2.C10H15N5O11P2/c24-15-8-13(12-4-2-1-3-5-12)6-7-14(15)9-28-11-29(20-17(28)21(32)27-23(25)26-20)22-19(31)18(30)16(39-22)10-38-42(36,37)40-41(33,34)35;11-10-13-7-4(8(18)14-10)12-2-15(7)9-6(17)5(16)3(25-9)1-24-28(22,23)26-27(19,20)21/h1-8,11,16,18-19,22,30-31H,9-10H2,(H5-,25,26,27,32,33,34,35,36,37);2-3,5-6,9,16-17H,1H2,(H,22,23)(H2,19,20,21)(H3,11,13,14,18)/t16-,18-,19-,22-;3-,5-,6-,9-/m11/s1. The van der Waals surface area contributed by atoms with E-state index < -0.39 is 117 Å². The molecule has 4 aromatic heterocycles. The Hall–Kier alpha value is -5.05. The number of H-pyrrole nitrogens is 1. The fourth-order valence-corrected chi connectivity index (χ4v) is 10.3. The first-order valence-electron chi connectivity index (χ1n) is 19.4. The lowest BCUT2D eigenvalue weighted by molar-refractivity contribution is -0.745. The molecular weight excluding hydrogens is 1030 g/mol. The molecule has 2 unspecified atom stereocenters. The molecule has 0 saturated carbocycles. The van der Waals surface area contributed by atoms with Crippen LogP contribution in [0.3, 0.4) is 0 Å². The van der Waals surface area contributed by atoms with Crippen LogP contribution in [0.5, 0.6) is 5.88 Å². The predicted molar refractivity (Wildman–Crippen MR) is 225 cm³/mol. The smallest absolute Gasteiger partial charge is 0.481 e. The number of benzene rings is 2. The van der Waals surface area contributed by atoms with Gasteiger partial charge in [0.2, 0.25) is 12.2 Å². The minimum absolute atomic E-state index is 0.0586. The first kappa shape index (κ1) is 52.8. The van der Waals surface area contributed by atoms with Crippen LogP contribution in [0.1, 0.15) is 18.0 Å². The van der Waals surface area contributed by atoms with E-state index in [0.29, 0.717) is 5.56 Å². The first-order chi connectivity index (χ1) is 32.6. The second kappa shape index (κ2) is 20.2. The van der Waals surface area contributed by atoms with Crippen LogP contribution < -0.4 is 26.7 Å². The van der Waals surface area contributed by atoms with Crippen LogP contribution in [0.25, 0.3) is 33.5 Å². The van der Waals surface area contributed by atoms with E-state index in [1.165, 1.54) is 17.0 Å². The van der Waals surface area contributed by atoms with E-state index in [4.69, 9.17) is 40.5 Å². The molecule has 0 radical (unpaired) electrons. The zero-order valence-electron chi connectivity index (χ0n) is 34.8. The van der Waals surface area contributed by atoms with Crippen molar-refractivity contribution in [2.24, 2.45) is 0 Å². The summed E-state index contributed by atoms with van der Waals surface area (Å²) in [6.45, 7) is -1.99. The van der Waals surface area contributed by atoms with Gasteiger partial charge in [0, 0.05) is 11.4 Å². The number of hydrogen-bond donors (Lipinski definition) is 13. The Morgan fingerprint density at radius 1 is 0.800 bits per heavy atom. The summed E-state index contributed by atoms with van der Waals surface area (Å²) in [5.41, 5.74) is 11.7. The van der Waals surface area contributed by atoms with E-state index in [-0.39, 0.29) is 40.4 Å². The van der Waals surface area contributed by atoms with Gasteiger partial charge in [-0.1, -0.05) is 47.4 Å². The maximum atomic E-state index is 15.2. The number of fused-ring (bicyclic) bond motifs is 2. The van der Waals surface area contributed by atoms with E-state index in [9.17, 15) is 58.4 Å². The summed E-state index contributed by atoms with van der Waals surface area (Å²) in [6, 6.07) is 13.7. The maximum Gasteiger partial charge on any atom is 0.481 e. The summed E-state index contributed by atoms with van der Waals surface area (Å²) < 4.78 is 90.7. The van der Waals surface area contributed by atoms with Gasteiger partial charge >= 0.3 is 36.9 Å². The van der Waals surface area contributed by atoms with E-state index in [2.05, 4.69) is 42.6 Å². The second-order valence-electron chi connectivity index (χ2n) is 14.9. The van der Waals surface area contributed by atoms with Crippen molar-refractivity contribution in [1.82, 2.24) is 34.1 Å². The molecule has 32 nitrogen and oxygen atoms in total. The van der Waals surface area contributed by atoms with Crippen molar-refractivity contribution in [3.8, 4) is 17.0 Å². The highest BCUT2D eigenvalue weighted by Crippen LogP contribution is 2.58. The van der Waals surface area contributed by atoms with E-state index in [1.54, 1.807) is 12.1 Å². The highest BCUT2D eigenvalue weighted by atomic mass is 31.3. The second-order valence-corrected chi connectivity index (χ2v) is 20.6. The topological polar surface area (TPSA) is 499 Å². The molecule has 8 rings (SSSR count). The summed E-state index contributed by atoms with van der Waals surface area (Å²) in [5, 5.41) is 54.3. The van der Waals surface area contributed by atoms with E-state index in [0.717, 1.165) is 21.0 Å². The summed E-state index contributed by atoms with van der Waals surface area (Å²) in [7, 11) is -21.2. The van der Waals surface area contributed by atoms with Crippen molar-refractivity contribution in [2.75, 3.05) is 24.7 Å². The molecule has 2 aliphatic rings. The molecule has 37 heteroatoms. The van der Waals surface area contributed by atoms with Gasteiger partial charge in [0.1, 0.15) is 42.4 Å². The maximum absolute atomic E-state index is 15.2. The summed E-state index contributed by atoms with van der Waals surface area (Å²) in [5.74, 6) is -2.03. The van der Waals surface area contributed by atoms with Gasteiger partial charge < -0.3 is 75.8 Å². The molecule has 10 atom stereocenters. The molecule has 2 aliphatic heterocycles. The van der Waals surface area contributed by atoms with Gasteiger partial charge in [0.05, 0.1) is 26.1 Å². The molecule has 2 saturated heterocycles. The third-order valence-corrected chi connectivity index (χ3v) is 14.3. The molecule has 0 amide bonds. The van der Waals surface area contributed by atoms with Gasteiger partial charge in [-0.15, -0.1) is 0 Å². The lowest BCUT2D eigenvalue weighted by Gasteiger charge is -2.17. The van der Waals surface area contributed by atoms with E-state index >= 15 is 4.39 Å². The number of nitrogens with two attached hydrogens (primary N) is 2. The molecular formula is C33H39FN10O22P4. The average Bonchev–Trinajstić information content (AvgIpc) is 3.98. The van der Waals surface area contributed by atoms with Crippen LogP contribution in [0.2, 0.25) is 0 Å². The molecule has 6 aromatic rings. The number of nitrogen functional groups attached to an aromatic ring is 2. The molecule has 380 valence electrons.